The number of halogens is 4. The summed E-state index contributed by atoms with van der Waals surface area (Å²) in [7, 11) is 0. The molecule has 0 N–H and O–H groups in total. The molecular weight excluding hydrogens is 1030 g/mol. The van der Waals surface area contributed by atoms with E-state index in [0.717, 1.165) is 84.3 Å². The molecule has 8 aromatic carbocycles. The van der Waals surface area contributed by atoms with Crippen molar-refractivity contribution in [3.05, 3.63) is 232 Å². The molecule has 0 unspecified atom stereocenters. The van der Waals surface area contributed by atoms with Crippen LogP contribution in [0.3, 0.4) is 0 Å². The van der Waals surface area contributed by atoms with Crippen LogP contribution in [0.1, 0.15) is 54.1 Å². The zero-order valence-corrected chi connectivity index (χ0v) is 39.1. The third kappa shape index (κ3) is 8.09. The summed E-state index contributed by atoms with van der Waals surface area (Å²) in [6, 6.07) is 55.4. The molecule has 0 aliphatic heterocycles. The van der Waals surface area contributed by atoms with Crippen LogP contribution in [-0.4, -0.2) is 23.1 Å². The number of hydrogen-bond acceptors (Lipinski definition) is 4. The van der Waals surface area contributed by atoms with E-state index < -0.39 is 0 Å². The van der Waals surface area contributed by atoms with Gasteiger partial charge < -0.3 is 0 Å². The molecule has 0 atom stereocenters. The van der Waals surface area contributed by atoms with E-state index in [-0.39, 0.29) is 23.1 Å². The number of Topliss-reactive ketones (excluding diaryl/α,β-unsaturated/α-hetero) is 4. The highest BCUT2D eigenvalue weighted by Crippen LogP contribution is 2.56. The number of benzene rings is 8. The van der Waals surface area contributed by atoms with E-state index in [9.17, 15) is 19.2 Å². The van der Waals surface area contributed by atoms with Gasteiger partial charge in [0.25, 0.3) is 0 Å². The molecular formula is C54H32Br4O4. The predicted octanol–water partition coefficient (Wildman–Crippen LogP) is 14.6. The topological polar surface area (TPSA) is 68.3 Å². The summed E-state index contributed by atoms with van der Waals surface area (Å²) in [5.41, 5.74) is 11.1. The van der Waals surface area contributed by atoms with Crippen molar-refractivity contribution in [1.29, 1.82) is 0 Å². The number of carbonyl (C=O) groups is 4. The van der Waals surface area contributed by atoms with E-state index in [1.54, 1.807) is 24.3 Å². The molecule has 0 amide bonds. The van der Waals surface area contributed by atoms with Gasteiger partial charge in [-0.05, 0) is 98.1 Å². The number of ketones is 4. The molecule has 4 nitrogen and oxygen atoms in total. The van der Waals surface area contributed by atoms with Gasteiger partial charge in [0.05, 0.1) is 0 Å². The van der Waals surface area contributed by atoms with Crippen LogP contribution in [0.15, 0.2) is 188 Å². The zero-order chi connectivity index (χ0) is 43.1. The van der Waals surface area contributed by atoms with Crippen molar-refractivity contribution in [3.8, 4) is 0 Å². The lowest BCUT2D eigenvalue weighted by atomic mass is 9.93. The Morgan fingerprint density at radius 1 is 0.339 bits per heavy atom. The summed E-state index contributed by atoms with van der Waals surface area (Å²) in [6.45, 7) is 0. The van der Waals surface area contributed by atoms with Crippen LogP contribution in [0.2, 0.25) is 0 Å². The van der Waals surface area contributed by atoms with Gasteiger partial charge in [-0.2, -0.15) is 0 Å². The van der Waals surface area contributed by atoms with Crippen molar-refractivity contribution in [2.45, 2.75) is 12.8 Å². The molecule has 0 spiro atoms. The normalized spacial score (nSPS) is 13.3. The molecule has 62 heavy (non-hydrogen) atoms. The first-order valence-corrected chi connectivity index (χ1v) is 22.9. The summed E-state index contributed by atoms with van der Waals surface area (Å²) in [5.74, 6) is -0.426. The number of fused-ring (bicyclic) bond motifs is 3. The van der Waals surface area contributed by atoms with E-state index in [1.165, 1.54) is 10.8 Å². The van der Waals surface area contributed by atoms with Crippen LogP contribution in [0.5, 0.6) is 0 Å². The Morgan fingerprint density at radius 3 is 1.00 bits per heavy atom. The molecule has 0 heterocycles. The maximum atomic E-state index is 13.9. The first-order chi connectivity index (χ1) is 30.0. The molecule has 8 heteroatoms. The highest BCUT2D eigenvalue weighted by molar-refractivity contribution is 9.11. The second kappa shape index (κ2) is 17.6. The average Bonchev–Trinajstić information content (AvgIpc) is 3.86. The van der Waals surface area contributed by atoms with Crippen molar-refractivity contribution in [1.82, 2.24) is 0 Å². The maximum Gasteiger partial charge on any atom is 0.234 e. The fourth-order valence-corrected chi connectivity index (χ4v) is 9.43. The fraction of sp³-hybridized carbons (Fsp3) is 0.0370. The molecule has 0 radical (unpaired) electrons. The smallest absolute Gasteiger partial charge is 0.234 e. The molecule has 8 aromatic rings. The van der Waals surface area contributed by atoms with Gasteiger partial charge in [0.1, 0.15) is 5.78 Å². The van der Waals surface area contributed by atoms with Crippen LogP contribution in [0.25, 0.3) is 43.8 Å². The predicted molar refractivity (Wildman–Crippen MR) is 264 cm³/mol. The van der Waals surface area contributed by atoms with Gasteiger partial charge in [0.15, 0.2) is 5.78 Å². The minimum absolute atomic E-state index is 0.0937. The monoisotopic (exact) mass is 1060 g/mol. The standard InChI is InChI=1S/C27H14Br2O.C15H12Br2O.C12H6O2/c28-18-11-7-16(8-12-18)23-25-20-5-1-3-15-4-2-6-21(22(15)20)26(25)24(27(23)30)17-9-13-19(29)14-10-17;16-13-5-1-11(2-6-13)9-15(18)10-12-3-7-14(17)8-4-12;13-11-8-5-1-3-7-4-2-6-9(10(7)8)12(11)14/h1-14H;1-8H,9-10H2;1-6H. The van der Waals surface area contributed by atoms with Crippen molar-refractivity contribution < 1.29 is 19.2 Å². The van der Waals surface area contributed by atoms with E-state index in [4.69, 9.17) is 0 Å². The Balaban J connectivity index is 0.000000130. The number of rotatable bonds is 6. The van der Waals surface area contributed by atoms with Crippen LogP contribution >= 0.6 is 63.7 Å². The van der Waals surface area contributed by atoms with Crippen LogP contribution in [-0.2, 0) is 22.4 Å². The highest BCUT2D eigenvalue weighted by Gasteiger charge is 2.40. The van der Waals surface area contributed by atoms with Crippen LogP contribution < -0.4 is 0 Å². The van der Waals surface area contributed by atoms with E-state index in [0.29, 0.717) is 24.0 Å². The first-order valence-electron chi connectivity index (χ1n) is 19.7. The molecule has 11 rings (SSSR count). The molecule has 300 valence electrons. The van der Waals surface area contributed by atoms with Crippen LogP contribution in [0.4, 0.5) is 0 Å². The minimum atomic E-state index is -0.378. The van der Waals surface area contributed by atoms with Gasteiger partial charge >= 0.3 is 0 Å². The average molecular weight is 1060 g/mol. The summed E-state index contributed by atoms with van der Waals surface area (Å²) < 4.78 is 4.07. The molecule has 0 saturated carbocycles. The summed E-state index contributed by atoms with van der Waals surface area (Å²) in [5, 5.41) is 4.21. The van der Waals surface area contributed by atoms with Crippen molar-refractivity contribution in [2.24, 2.45) is 0 Å². The molecule has 0 saturated heterocycles. The first kappa shape index (κ1) is 41.7. The van der Waals surface area contributed by atoms with Crippen molar-refractivity contribution in [3.63, 3.8) is 0 Å². The Labute approximate surface area is 391 Å². The van der Waals surface area contributed by atoms with Gasteiger partial charge in [0, 0.05) is 69.5 Å². The van der Waals surface area contributed by atoms with Gasteiger partial charge in [-0.3, -0.25) is 19.2 Å². The number of allylic oxidation sites excluding steroid dienone is 4. The SMILES string of the molecule is O=C(Cc1ccc(Br)cc1)Cc1ccc(Br)cc1.O=C1C(=O)c2cccc3cccc1c23.O=C1C(c2ccc(Br)cc2)=C2C(=C1c1ccc(Br)cc1)c1cccc3cccc2c13. The van der Waals surface area contributed by atoms with Gasteiger partial charge in [-0.15, -0.1) is 0 Å². The highest BCUT2D eigenvalue weighted by atomic mass is 79.9. The fourth-order valence-electron chi connectivity index (χ4n) is 8.37. The Morgan fingerprint density at radius 2 is 0.645 bits per heavy atom. The maximum absolute atomic E-state index is 13.9. The molecule has 0 bridgehead atoms. The largest absolute Gasteiger partial charge is 0.299 e. The second-order valence-electron chi connectivity index (χ2n) is 15.1. The Kier molecular flexibility index (Phi) is 11.8. The summed E-state index contributed by atoms with van der Waals surface area (Å²) in [4.78, 5) is 48.9. The molecule has 0 aromatic heterocycles. The quantitative estimate of drug-likeness (QED) is 0.156. The number of hydrogen-bond donors (Lipinski definition) is 0. The van der Waals surface area contributed by atoms with E-state index >= 15 is 0 Å². The summed E-state index contributed by atoms with van der Waals surface area (Å²) >= 11 is 13.8. The lowest BCUT2D eigenvalue weighted by Gasteiger charge is -2.09. The third-order valence-electron chi connectivity index (χ3n) is 11.1. The summed E-state index contributed by atoms with van der Waals surface area (Å²) in [6.07, 6.45) is 0.979. The second-order valence-corrected chi connectivity index (χ2v) is 18.7. The van der Waals surface area contributed by atoms with Gasteiger partial charge in [-0.1, -0.05) is 185 Å². The molecule has 0 fully saturated rings. The molecule has 3 aliphatic carbocycles. The van der Waals surface area contributed by atoms with Crippen LogP contribution in [0, 0.1) is 0 Å². The lowest BCUT2D eigenvalue weighted by molar-refractivity contribution is -0.117. The molecule has 3 aliphatic rings. The third-order valence-corrected chi connectivity index (χ3v) is 13.3. The van der Waals surface area contributed by atoms with Gasteiger partial charge in [-0.25, -0.2) is 0 Å². The Bertz CT molecular complexity index is 2990. The van der Waals surface area contributed by atoms with Crippen molar-refractivity contribution in [2.75, 3.05) is 0 Å². The van der Waals surface area contributed by atoms with E-state index in [1.807, 2.05) is 109 Å². The number of carbonyl (C=O) groups excluding carboxylic acids is 4. The Hall–Kier alpha value is -5.64. The van der Waals surface area contributed by atoms with E-state index in [2.05, 4.69) is 100 Å². The lowest BCUT2D eigenvalue weighted by Crippen LogP contribution is -2.06. The minimum Gasteiger partial charge on any atom is -0.299 e. The van der Waals surface area contributed by atoms with Crippen molar-refractivity contribution >= 4 is 131 Å². The zero-order valence-electron chi connectivity index (χ0n) is 32.7. The van der Waals surface area contributed by atoms with Gasteiger partial charge in [0.2, 0.25) is 11.6 Å².